The summed E-state index contributed by atoms with van der Waals surface area (Å²) in [6.45, 7) is 1.78. The van der Waals surface area contributed by atoms with E-state index in [0.717, 1.165) is 0 Å². The molecule has 0 saturated carbocycles. The van der Waals surface area contributed by atoms with Crippen LogP contribution in [0.4, 0.5) is 5.82 Å². The van der Waals surface area contributed by atoms with Crippen molar-refractivity contribution in [2.45, 2.75) is 13.0 Å². The van der Waals surface area contributed by atoms with Gasteiger partial charge in [-0.15, -0.1) is 0 Å². The first-order chi connectivity index (χ1) is 8.16. The number of hydrogen-bond acceptors (Lipinski definition) is 3. The lowest BCUT2D eigenvalue weighted by Crippen LogP contribution is -2.24. The number of anilines is 1. The number of rotatable bonds is 3. The summed E-state index contributed by atoms with van der Waals surface area (Å²) in [4.78, 5) is 16.0. The molecule has 1 N–H and O–H groups in total. The molecule has 0 aliphatic carbocycles. The summed E-state index contributed by atoms with van der Waals surface area (Å²) >= 11 is 3.25. The zero-order valence-corrected chi connectivity index (χ0v) is 10.8. The van der Waals surface area contributed by atoms with E-state index in [9.17, 15) is 4.79 Å². The Labute approximate surface area is 107 Å². The maximum Gasteiger partial charge on any atom is 0.250 e. The number of pyridine rings is 1. The van der Waals surface area contributed by atoms with Gasteiger partial charge in [0.25, 0.3) is 0 Å². The number of amides is 1. The van der Waals surface area contributed by atoms with Gasteiger partial charge in [0, 0.05) is 12.4 Å². The van der Waals surface area contributed by atoms with Crippen LogP contribution in [0.3, 0.4) is 0 Å². The van der Waals surface area contributed by atoms with Crippen molar-refractivity contribution in [3.8, 4) is 0 Å². The number of nitrogens with zero attached hydrogens (tertiary/aromatic N) is 3. The summed E-state index contributed by atoms with van der Waals surface area (Å²) in [6, 6.07) is 6.75. The van der Waals surface area contributed by atoms with Crippen LogP contribution >= 0.6 is 15.9 Å². The van der Waals surface area contributed by atoms with Gasteiger partial charge >= 0.3 is 0 Å². The van der Waals surface area contributed by atoms with E-state index in [-0.39, 0.29) is 11.9 Å². The molecule has 0 aliphatic heterocycles. The largest absolute Gasteiger partial charge is 0.309 e. The summed E-state index contributed by atoms with van der Waals surface area (Å²) in [5.74, 6) is 0.364. The Bertz CT molecular complexity index is 512. The van der Waals surface area contributed by atoms with Crippen molar-refractivity contribution in [3.63, 3.8) is 0 Å². The fourth-order valence-corrected chi connectivity index (χ4v) is 1.68. The van der Waals surface area contributed by atoms with Gasteiger partial charge in [-0.3, -0.25) is 9.48 Å². The van der Waals surface area contributed by atoms with Crippen LogP contribution in [-0.2, 0) is 4.79 Å². The Morgan fingerprint density at radius 1 is 1.47 bits per heavy atom. The maximum atomic E-state index is 11.9. The lowest BCUT2D eigenvalue weighted by Gasteiger charge is -2.12. The second-order valence-corrected chi connectivity index (χ2v) is 4.31. The lowest BCUT2D eigenvalue weighted by atomic mass is 10.3. The summed E-state index contributed by atoms with van der Waals surface area (Å²) < 4.78 is 2.27. The van der Waals surface area contributed by atoms with E-state index in [4.69, 9.17) is 0 Å². The molecular formula is C11H11BrN4O. The first kappa shape index (κ1) is 11.8. The first-order valence-electron chi connectivity index (χ1n) is 5.09. The van der Waals surface area contributed by atoms with E-state index in [2.05, 4.69) is 31.3 Å². The van der Waals surface area contributed by atoms with Gasteiger partial charge in [-0.05, 0) is 41.1 Å². The molecule has 1 unspecified atom stereocenters. The minimum absolute atomic E-state index is 0.153. The molecule has 1 atom stereocenters. The van der Waals surface area contributed by atoms with Crippen molar-refractivity contribution < 1.29 is 4.79 Å². The Hall–Kier alpha value is -1.69. The predicted octanol–water partition coefficient (Wildman–Crippen LogP) is 2.24. The Kier molecular flexibility index (Phi) is 3.53. The molecule has 5 nitrogen and oxygen atoms in total. The SMILES string of the molecule is CC(C(=O)Nc1cccc(Br)n1)n1cccn1. The third-order valence-corrected chi connectivity index (χ3v) is 2.71. The van der Waals surface area contributed by atoms with Crippen molar-refractivity contribution in [2.24, 2.45) is 0 Å². The van der Waals surface area contributed by atoms with E-state index in [1.165, 1.54) is 0 Å². The topological polar surface area (TPSA) is 59.8 Å². The molecule has 6 heteroatoms. The smallest absolute Gasteiger partial charge is 0.250 e. The Balaban J connectivity index is 2.07. The van der Waals surface area contributed by atoms with Crippen LogP contribution in [0.2, 0.25) is 0 Å². The second-order valence-electron chi connectivity index (χ2n) is 3.50. The number of hydrogen-bond donors (Lipinski definition) is 1. The van der Waals surface area contributed by atoms with Gasteiger partial charge < -0.3 is 5.32 Å². The number of aromatic nitrogens is 3. The fraction of sp³-hybridized carbons (Fsp3) is 0.182. The highest BCUT2D eigenvalue weighted by Gasteiger charge is 2.15. The molecule has 0 fully saturated rings. The van der Waals surface area contributed by atoms with Crippen molar-refractivity contribution >= 4 is 27.7 Å². The third kappa shape index (κ3) is 2.91. The van der Waals surface area contributed by atoms with E-state index < -0.39 is 0 Å². The molecule has 1 amide bonds. The van der Waals surface area contributed by atoms with Crippen LogP contribution in [0.5, 0.6) is 0 Å². The number of halogens is 1. The number of carbonyl (C=O) groups excluding carboxylic acids is 1. The summed E-state index contributed by atoms with van der Waals surface area (Å²) in [5, 5.41) is 6.75. The number of carbonyl (C=O) groups is 1. The quantitative estimate of drug-likeness (QED) is 0.883. The van der Waals surface area contributed by atoms with E-state index in [0.29, 0.717) is 10.4 Å². The molecule has 0 spiro atoms. The molecule has 0 saturated heterocycles. The highest BCUT2D eigenvalue weighted by molar-refractivity contribution is 9.10. The van der Waals surface area contributed by atoms with Gasteiger partial charge in [0.05, 0.1) is 0 Å². The zero-order valence-electron chi connectivity index (χ0n) is 9.17. The Morgan fingerprint density at radius 2 is 2.29 bits per heavy atom. The standard InChI is InChI=1S/C11H11BrN4O/c1-8(16-7-3-6-13-16)11(17)15-10-5-2-4-9(12)14-10/h2-8H,1H3,(H,14,15,17). The molecule has 2 aromatic heterocycles. The summed E-state index contributed by atoms with van der Waals surface area (Å²) in [6.07, 6.45) is 3.39. The molecule has 88 valence electrons. The minimum atomic E-state index is -0.370. The third-order valence-electron chi connectivity index (χ3n) is 2.27. The van der Waals surface area contributed by atoms with Gasteiger partial charge in [-0.25, -0.2) is 4.98 Å². The van der Waals surface area contributed by atoms with Crippen LogP contribution in [0, 0.1) is 0 Å². The zero-order chi connectivity index (χ0) is 12.3. The first-order valence-corrected chi connectivity index (χ1v) is 5.88. The van der Waals surface area contributed by atoms with Crippen molar-refractivity contribution in [1.29, 1.82) is 0 Å². The van der Waals surface area contributed by atoms with Crippen molar-refractivity contribution in [3.05, 3.63) is 41.3 Å². The van der Waals surface area contributed by atoms with E-state index >= 15 is 0 Å². The molecule has 2 rings (SSSR count). The monoisotopic (exact) mass is 294 g/mol. The summed E-state index contributed by atoms with van der Waals surface area (Å²) in [7, 11) is 0. The van der Waals surface area contributed by atoms with Gasteiger partial charge in [-0.1, -0.05) is 6.07 Å². The van der Waals surface area contributed by atoms with Crippen molar-refractivity contribution in [2.75, 3.05) is 5.32 Å². The van der Waals surface area contributed by atoms with Crippen LogP contribution < -0.4 is 5.32 Å². The van der Waals surface area contributed by atoms with Crippen LogP contribution in [-0.4, -0.2) is 20.7 Å². The van der Waals surface area contributed by atoms with E-state index in [1.807, 2.05) is 6.07 Å². The van der Waals surface area contributed by atoms with Crippen LogP contribution in [0.15, 0.2) is 41.3 Å². The van der Waals surface area contributed by atoms with Crippen LogP contribution in [0.25, 0.3) is 0 Å². The predicted molar refractivity (Wildman–Crippen MR) is 67.5 cm³/mol. The molecule has 0 bridgehead atoms. The van der Waals surface area contributed by atoms with Gasteiger partial charge in [0.15, 0.2) is 0 Å². The fourth-order valence-electron chi connectivity index (χ4n) is 1.34. The number of nitrogens with one attached hydrogen (secondary N) is 1. The minimum Gasteiger partial charge on any atom is -0.309 e. The molecule has 17 heavy (non-hydrogen) atoms. The molecule has 0 radical (unpaired) electrons. The highest BCUT2D eigenvalue weighted by atomic mass is 79.9. The van der Waals surface area contributed by atoms with E-state index in [1.54, 1.807) is 42.2 Å². The average molecular weight is 295 g/mol. The highest BCUT2D eigenvalue weighted by Crippen LogP contribution is 2.12. The van der Waals surface area contributed by atoms with Gasteiger partial charge in [-0.2, -0.15) is 5.10 Å². The van der Waals surface area contributed by atoms with Crippen molar-refractivity contribution in [1.82, 2.24) is 14.8 Å². The molecule has 2 heterocycles. The molecule has 0 aliphatic rings. The Morgan fingerprint density at radius 3 is 2.94 bits per heavy atom. The maximum absolute atomic E-state index is 11.9. The van der Waals surface area contributed by atoms with Gasteiger partial charge in [0.2, 0.25) is 5.91 Å². The molecule has 2 aromatic rings. The second kappa shape index (κ2) is 5.09. The average Bonchev–Trinajstić information content (AvgIpc) is 2.81. The van der Waals surface area contributed by atoms with Gasteiger partial charge in [0.1, 0.15) is 16.5 Å². The molecular weight excluding hydrogens is 284 g/mol. The lowest BCUT2D eigenvalue weighted by molar-refractivity contribution is -0.119. The van der Waals surface area contributed by atoms with Crippen LogP contribution in [0.1, 0.15) is 13.0 Å². The normalized spacial score (nSPS) is 12.1. The molecule has 0 aromatic carbocycles. The summed E-state index contributed by atoms with van der Waals surface area (Å²) in [5.41, 5.74) is 0.